The molecule has 0 N–H and O–H groups in total. The summed E-state index contributed by atoms with van der Waals surface area (Å²) >= 11 is 0. The normalized spacial score (nSPS) is 11.5. The smallest absolute Gasteiger partial charge is 0.0795 e. The fourth-order valence-corrected chi connectivity index (χ4v) is 11.3. The lowest BCUT2D eigenvalue weighted by Crippen LogP contribution is -1.90. The Morgan fingerprint density at radius 2 is 0.550 bits per heavy atom. The van der Waals surface area contributed by atoms with Gasteiger partial charge in [0.15, 0.2) is 0 Å². The zero-order valence-electron chi connectivity index (χ0n) is 43.2. The van der Waals surface area contributed by atoms with Gasteiger partial charge in [0.25, 0.3) is 0 Å². The molecule has 0 saturated heterocycles. The van der Waals surface area contributed by atoms with Crippen LogP contribution in [0, 0.1) is 0 Å². The molecule has 0 radical (unpaired) electrons. The monoisotopic (exact) mass is 1020 g/mol. The number of aromatic nitrogens is 6. The van der Waals surface area contributed by atoms with E-state index in [0.29, 0.717) is 0 Å². The molecule has 6 heteroatoms. The quantitative estimate of drug-likeness (QED) is 0.165. The first kappa shape index (κ1) is 46.5. The Kier molecular flexibility index (Phi) is 11.4. The van der Waals surface area contributed by atoms with E-state index in [1.165, 1.54) is 21.5 Å². The zero-order valence-corrected chi connectivity index (χ0v) is 43.2. The van der Waals surface area contributed by atoms with Gasteiger partial charge in [-0.15, -0.1) is 0 Å². The van der Waals surface area contributed by atoms with Crippen LogP contribution in [0.25, 0.3) is 154 Å². The number of para-hydroxylation sites is 2. The Morgan fingerprint density at radius 3 is 1.06 bits per heavy atom. The van der Waals surface area contributed by atoms with Gasteiger partial charge in [-0.25, -0.2) is 19.9 Å². The minimum absolute atomic E-state index is 0.934. The van der Waals surface area contributed by atoms with Crippen LogP contribution in [0.4, 0.5) is 0 Å². The van der Waals surface area contributed by atoms with Crippen LogP contribution in [0.15, 0.2) is 279 Å². The average molecular weight is 1020 g/mol. The molecular weight excluding hydrogens is 973 g/mol. The van der Waals surface area contributed by atoms with Crippen LogP contribution < -0.4 is 0 Å². The largest absolute Gasteiger partial charge is 0.256 e. The number of hydrogen-bond acceptors (Lipinski definition) is 6. The standard InChI is InChI=1S/2C37H23N3/c1-2-10-30-24(6-1)7-3-11-31(30)35-19-15-28-22-26(13-17-33(28)39-35)27-14-18-34-29(23-27)16-20-36(40-34)32-12-4-8-25-9-5-21-38-37(25)32;1-2-6-26-21-29(11-10-24(26)5-1)34-18-14-30-22-27(12-16-33(30)39-34)28-13-17-35-31(23-28)15-19-36(40-35)32-9-3-7-25-8-4-20-38-37(25)32/h2*1-23H. The molecule has 0 fully saturated rings. The van der Waals surface area contributed by atoms with Crippen LogP contribution in [-0.4, -0.2) is 29.9 Å². The van der Waals surface area contributed by atoms with E-state index in [0.717, 1.165) is 133 Å². The Balaban J connectivity index is 0.000000138. The zero-order chi connectivity index (χ0) is 52.9. The van der Waals surface area contributed by atoms with E-state index in [4.69, 9.17) is 19.9 Å². The minimum atomic E-state index is 0.934. The summed E-state index contributed by atoms with van der Waals surface area (Å²) in [6.07, 6.45) is 3.67. The maximum absolute atomic E-state index is 5.03. The van der Waals surface area contributed by atoms with Crippen LogP contribution in [0.3, 0.4) is 0 Å². The van der Waals surface area contributed by atoms with Crippen LogP contribution in [-0.2, 0) is 0 Å². The first-order chi connectivity index (χ1) is 39.6. The van der Waals surface area contributed by atoms with Crippen LogP contribution in [0.1, 0.15) is 0 Å². The minimum Gasteiger partial charge on any atom is -0.256 e. The maximum atomic E-state index is 5.03. The predicted molar refractivity (Wildman–Crippen MR) is 332 cm³/mol. The number of pyridine rings is 6. The van der Waals surface area contributed by atoms with Crippen molar-refractivity contribution in [2.24, 2.45) is 0 Å². The van der Waals surface area contributed by atoms with E-state index in [1.807, 2.05) is 24.5 Å². The first-order valence-electron chi connectivity index (χ1n) is 26.9. The third-order valence-electron chi connectivity index (χ3n) is 15.4. The molecule has 16 aromatic rings. The molecule has 0 atom stereocenters. The molecule has 6 nitrogen and oxygen atoms in total. The molecule has 6 aromatic heterocycles. The molecular formula is C74H46N6. The maximum Gasteiger partial charge on any atom is 0.0795 e. The number of rotatable bonds is 6. The van der Waals surface area contributed by atoms with E-state index >= 15 is 0 Å². The number of hydrogen-bond donors (Lipinski definition) is 0. The van der Waals surface area contributed by atoms with Gasteiger partial charge in [-0.2, -0.15) is 0 Å². The Labute approximate surface area is 461 Å². The fourth-order valence-electron chi connectivity index (χ4n) is 11.3. The molecule has 16 rings (SSSR count). The van der Waals surface area contributed by atoms with Gasteiger partial charge in [0, 0.05) is 67.0 Å². The molecule has 372 valence electrons. The molecule has 10 aromatic carbocycles. The van der Waals surface area contributed by atoms with E-state index in [1.54, 1.807) is 0 Å². The fraction of sp³-hybridized carbons (Fsp3) is 0. The lowest BCUT2D eigenvalue weighted by Gasteiger charge is -2.10. The summed E-state index contributed by atoms with van der Waals surface area (Å²) in [5.74, 6) is 0. The summed E-state index contributed by atoms with van der Waals surface area (Å²) in [5, 5.41) is 11.6. The van der Waals surface area contributed by atoms with E-state index in [2.05, 4.69) is 265 Å². The van der Waals surface area contributed by atoms with E-state index < -0.39 is 0 Å². The molecule has 0 aliphatic heterocycles. The molecule has 0 amide bonds. The summed E-state index contributed by atoms with van der Waals surface area (Å²) in [6.45, 7) is 0. The first-order valence-corrected chi connectivity index (χ1v) is 26.9. The van der Waals surface area contributed by atoms with Crippen LogP contribution in [0.5, 0.6) is 0 Å². The molecule has 0 aliphatic rings. The highest BCUT2D eigenvalue weighted by atomic mass is 14.7. The van der Waals surface area contributed by atoms with Crippen LogP contribution >= 0.6 is 0 Å². The van der Waals surface area contributed by atoms with Gasteiger partial charge >= 0.3 is 0 Å². The van der Waals surface area contributed by atoms with Crippen molar-refractivity contribution in [2.45, 2.75) is 0 Å². The van der Waals surface area contributed by atoms with Crippen molar-refractivity contribution in [1.82, 2.24) is 29.9 Å². The average Bonchev–Trinajstić information content (AvgIpc) is 3.61. The molecule has 6 heterocycles. The SMILES string of the molecule is c1ccc2c(-c3ccc4cc(-c5ccc6nc(-c7cccc8cccnc78)ccc6c5)ccc4n3)cccc2c1.c1ccc2cc(-c3ccc4cc(-c5ccc6nc(-c7cccc8cccnc78)ccc6c5)ccc4n3)ccc2c1. The Hall–Kier alpha value is -10.8. The Bertz CT molecular complexity index is 4920. The number of nitrogens with zero attached hydrogens (tertiary/aromatic N) is 6. The van der Waals surface area contributed by atoms with Gasteiger partial charge in [0.2, 0.25) is 0 Å². The van der Waals surface area contributed by atoms with Gasteiger partial charge in [-0.3, -0.25) is 9.97 Å². The van der Waals surface area contributed by atoms with Gasteiger partial charge in [-0.1, -0.05) is 176 Å². The molecule has 80 heavy (non-hydrogen) atoms. The van der Waals surface area contributed by atoms with Gasteiger partial charge in [-0.05, 0) is 135 Å². The topological polar surface area (TPSA) is 77.3 Å². The molecule has 0 aliphatic carbocycles. The summed E-state index contributed by atoms with van der Waals surface area (Å²) < 4.78 is 0. The third kappa shape index (κ3) is 8.67. The van der Waals surface area contributed by atoms with Crippen molar-refractivity contribution in [3.05, 3.63) is 279 Å². The highest BCUT2D eigenvalue weighted by Crippen LogP contribution is 2.35. The summed E-state index contributed by atoms with van der Waals surface area (Å²) in [7, 11) is 0. The van der Waals surface area contributed by atoms with Gasteiger partial charge in [0.05, 0.1) is 55.9 Å². The van der Waals surface area contributed by atoms with Crippen molar-refractivity contribution in [1.29, 1.82) is 0 Å². The third-order valence-corrected chi connectivity index (χ3v) is 15.4. The molecule has 0 spiro atoms. The Morgan fingerprint density at radius 1 is 0.200 bits per heavy atom. The molecule has 0 unspecified atom stereocenters. The van der Waals surface area contributed by atoms with Crippen molar-refractivity contribution < 1.29 is 0 Å². The second kappa shape index (κ2) is 19.6. The summed E-state index contributed by atoms with van der Waals surface area (Å²) in [4.78, 5) is 29.2. The van der Waals surface area contributed by atoms with Crippen LogP contribution in [0.2, 0.25) is 0 Å². The predicted octanol–water partition coefficient (Wildman–Crippen LogP) is 19.0. The van der Waals surface area contributed by atoms with Gasteiger partial charge < -0.3 is 0 Å². The van der Waals surface area contributed by atoms with Crippen molar-refractivity contribution in [2.75, 3.05) is 0 Å². The highest BCUT2D eigenvalue weighted by molar-refractivity contribution is 6.00. The van der Waals surface area contributed by atoms with Crippen molar-refractivity contribution in [3.63, 3.8) is 0 Å². The van der Waals surface area contributed by atoms with Gasteiger partial charge in [0.1, 0.15) is 0 Å². The molecule has 0 saturated carbocycles. The number of fused-ring (bicyclic) bond motifs is 8. The van der Waals surface area contributed by atoms with Crippen molar-refractivity contribution >= 4 is 87.0 Å². The molecule has 0 bridgehead atoms. The second-order valence-corrected chi connectivity index (χ2v) is 20.3. The second-order valence-electron chi connectivity index (χ2n) is 20.3. The van der Waals surface area contributed by atoms with Crippen molar-refractivity contribution in [3.8, 4) is 67.3 Å². The van der Waals surface area contributed by atoms with E-state index in [-0.39, 0.29) is 0 Å². The number of benzene rings is 10. The highest BCUT2D eigenvalue weighted by Gasteiger charge is 2.13. The lowest BCUT2D eigenvalue weighted by molar-refractivity contribution is 1.37. The summed E-state index contributed by atoms with van der Waals surface area (Å²) in [5.41, 5.74) is 18.7. The van der Waals surface area contributed by atoms with E-state index in [9.17, 15) is 0 Å². The summed E-state index contributed by atoms with van der Waals surface area (Å²) in [6, 6.07) is 93.4. The lowest BCUT2D eigenvalue weighted by atomic mass is 9.99.